The highest BCUT2D eigenvalue weighted by molar-refractivity contribution is 5.37. The molecule has 110 valence electrons. The van der Waals surface area contributed by atoms with Gasteiger partial charge >= 0.3 is 0 Å². The van der Waals surface area contributed by atoms with Crippen molar-refractivity contribution in [2.45, 2.75) is 26.7 Å². The van der Waals surface area contributed by atoms with Crippen molar-refractivity contribution in [3.8, 4) is 5.75 Å². The van der Waals surface area contributed by atoms with E-state index in [2.05, 4.69) is 57.0 Å². The lowest BCUT2D eigenvalue weighted by Gasteiger charge is -2.19. The predicted molar refractivity (Wildman–Crippen MR) is 87.6 cm³/mol. The molecular weight excluding hydrogens is 246 g/mol. The summed E-state index contributed by atoms with van der Waals surface area (Å²) in [5.41, 5.74) is 2.51. The zero-order chi connectivity index (χ0) is 15.0. The molecule has 0 heterocycles. The van der Waals surface area contributed by atoms with Crippen molar-refractivity contribution >= 4 is 0 Å². The summed E-state index contributed by atoms with van der Waals surface area (Å²) in [4.78, 5) is 2.25. The van der Waals surface area contributed by atoms with E-state index in [0.29, 0.717) is 12.5 Å². The second-order valence-corrected chi connectivity index (χ2v) is 5.37. The van der Waals surface area contributed by atoms with Crippen LogP contribution in [0.2, 0.25) is 0 Å². The van der Waals surface area contributed by atoms with Crippen LogP contribution in [0.5, 0.6) is 5.75 Å². The summed E-state index contributed by atoms with van der Waals surface area (Å²) in [5, 5.41) is 0. The zero-order valence-electron chi connectivity index (χ0n) is 13.1. The number of benzene rings is 1. The quantitative estimate of drug-likeness (QED) is 0.626. The number of aryl methyl sites for hydroxylation is 1. The molecular formula is C18H27NO. The fourth-order valence-corrected chi connectivity index (χ4v) is 2.04. The van der Waals surface area contributed by atoms with E-state index in [4.69, 9.17) is 4.74 Å². The largest absolute Gasteiger partial charge is 0.492 e. The normalized spacial score (nSPS) is 10.8. The Kier molecular flexibility index (Phi) is 7.10. The van der Waals surface area contributed by atoms with Crippen molar-refractivity contribution in [1.29, 1.82) is 0 Å². The smallest absolute Gasteiger partial charge is 0.122 e. The molecule has 1 rings (SSSR count). The Hall–Kier alpha value is -1.54. The molecule has 0 aliphatic carbocycles. The van der Waals surface area contributed by atoms with Gasteiger partial charge in [-0.3, -0.25) is 4.90 Å². The van der Waals surface area contributed by atoms with Crippen molar-refractivity contribution < 1.29 is 4.74 Å². The van der Waals surface area contributed by atoms with Gasteiger partial charge in [-0.05, 0) is 30.0 Å². The molecule has 1 aromatic carbocycles. The fourth-order valence-electron chi connectivity index (χ4n) is 2.04. The van der Waals surface area contributed by atoms with Gasteiger partial charge in [0.05, 0.1) is 0 Å². The Morgan fingerprint density at radius 1 is 1.20 bits per heavy atom. The second-order valence-electron chi connectivity index (χ2n) is 5.37. The highest BCUT2D eigenvalue weighted by Gasteiger charge is 2.06. The lowest BCUT2D eigenvalue weighted by atomic mass is 10.0. The molecule has 0 radical (unpaired) electrons. The third-order valence-corrected chi connectivity index (χ3v) is 3.32. The number of ether oxygens (including phenoxy) is 1. The summed E-state index contributed by atoms with van der Waals surface area (Å²) in [6.45, 7) is 17.3. The SMILES string of the molecule is C=CCN(CC=C)CCOc1cc(C(C)C)ccc1C. The van der Waals surface area contributed by atoms with Crippen molar-refractivity contribution in [1.82, 2.24) is 4.90 Å². The van der Waals surface area contributed by atoms with Crippen LogP contribution in [-0.4, -0.2) is 31.1 Å². The highest BCUT2D eigenvalue weighted by Crippen LogP contribution is 2.24. The molecule has 0 aliphatic heterocycles. The lowest BCUT2D eigenvalue weighted by Crippen LogP contribution is -2.28. The fraction of sp³-hybridized carbons (Fsp3) is 0.444. The van der Waals surface area contributed by atoms with Gasteiger partial charge in [-0.15, -0.1) is 13.2 Å². The molecule has 2 heteroatoms. The van der Waals surface area contributed by atoms with E-state index in [1.165, 1.54) is 11.1 Å². The van der Waals surface area contributed by atoms with Crippen LogP contribution < -0.4 is 4.74 Å². The standard InChI is InChI=1S/C18H27NO/c1-6-10-19(11-7-2)12-13-20-18-14-17(15(3)4)9-8-16(18)5/h6-9,14-15H,1-2,10-13H2,3-5H3. The Labute approximate surface area is 123 Å². The van der Waals surface area contributed by atoms with E-state index in [-0.39, 0.29) is 0 Å². The molecule has 1 aromatic rings. The number of nitrogens with zero attached hydrogens (tertiary/aromatic N) is 1. The zero-order valence-corrected chi connectivity index (χ0v) is 13.1. The molecule has 0 N–H and O–H groups in total. The lowest BCUT2D eigenvalue weighted by molar-refractivity contribution is 0.235. The van der Waals surface area contributed by atoms with Gasteiger partial charge in [0, 0.05) is 19.6 Å². The minimum atomic E-state index is 0.524. The number of hydrogen-bond acceptors (Lipinski definition) is 2. The number of hydrogen-bond donors (Lipinski definition) is 0. The first-order valence-electron chi connectivity index (χ1n) is 7.26. The first kappa shape index (κ1) is 16.5. The molecule has 0 unspecified atom stereocenters. The average Bonchev–Trinajstić information content (AvgIpc) is 2.41. The molecule has 0 aliphatic rings. The molecule has 0 bridgehead atoms. The number of rotatable bonds is 9. The Balaban J connectivity index is 2.57. The monoisotopic (exact) mass is 273 g/mol. The molecule has 0 amide bonds. The van der Waals surface area contributed by atoms with Crippen LogP contribution >= 0.6 is 0 Å². The minimum absolute atomic E-state index is 0.524. The van der Waals surface area contributed by atoms with E-state index >= 15 is 0 Å². The first-order chi connectivity index (χ1) is 9.58. The van der Waals surface area contributed by atoms with E-state index < -0.39 is 0 Å². The summed E-state index contributed by atoms with van der Waals surface area (Å²) in [6, 6.07) is 6.47. The van der Waals surface area contributed by atoms with Gasteiger partial charge in [-0.1, -0.05) is 38.1 Å². The molecule has 0 aromatic heterocycles. The molecule has 0 atom stereocenters. The molecule has 20 heavy (non-hydrogen) atoms. The maximum Gasteiger partial charge on any atom is 0.122 e. The Bertz CT molecular complexity index is 427. The summed E-state index contributed by atoms with van der Waals surface area (Å²) >= 11 is 0. The molecule has 0 spiro atoms. The summed E-state index contributed by atoms with van der Waals surface area (Å²) < 4.78 is 5.94. The summed E-state index contributed by atoms with van der Waals surface area (Å²) in [7, 11) is 0. The topological polar surface area (TPSA) is 12.5 Å². The third kappa shape index (κ3) is 5.22. The first-order valence-corrected chi connectivity index (χ1v) is 7.26. The van der Waals surface area contributed by atoms with Crippen LogP contribution in [-0.2, 0) is 0 Å². The van der Waals surface area contributed by atoms with Gasteiger partial charge in [-0.25, -0.2) is 0 Å². The van der Waals surface area contributed by atoms with E-state index in [9.17, 15) is 0 Å². The predicted octanol–water partition coefficient (Wildman–Crippen LogP) is 4.17. The maximum atomic E-state index is 5.94. The van der Waals surface area contributed by atoms with E-state index in [0.717, 1.165) is 25.4 Å². The van der Waals surface area contributed by atoms with Crippen molar-refractivity contribution in [3.05, 3.63) is 54.6 Å². The Morgan fingerprint density at radius 2 is 1.85 bits per heavy atom. The Morgan fingerprint density at radius 3 is 2.40 bits per heavy atom. The van der Waals surface area contributed by atoms with E-state index in [1.54, 1.807) is 0 Å². The highest BCUT2D eigenvalue weighted by atomic mass is 16.5. The minimum Gasteiger partial charge on any atom is -0.492 e. The van der Waals surface area contributed by atoms with Crippen LogP contribution in [0.3, 0.4) is 0 Å². The van der Waals surface area contributed by atoms with Gasteiger partial charge < -0.3 is 4.74 Å². The molecule has 0 saturated heterocycles. The van der Waals surface area contributed by atoms with Crippen LogP contribution in [0.1, 0.15) is 30.9 Å². The van der Waals surface area contributed by atoms with Crippen molar-refractivity contribution in [2.75, 3.05) is 26.2 Å². The average molecular weight is 273 g/mol. The van der Waals surface area contributed by atoms with Gasteiger partial charge in [0.25, 0.3) is 0 Å². The van der Waals surface area contributed by atoms with Gasteiger partial charge in [0.2, 0.25) is 0 Å². The maximum absolute atomic E-state index is 5.94. The molecule has 0 fully saturated rings. The van der Waals surface area contributed by atoms with Gasteiger partial charge in [0.15, 0.2) is 0 Å². The van der Waals surface area contributed by atoms with Crippen molar-refractivity contribution in [2.24, 2.45) is 0 Å². The van der Waals surface area contributed by atoms with Crippen LogP contribution in [0.4, 0.5) is 0 Å². The molecule has 2 nitrogen and oxygen atoms in total. The van der Waals surface area contributed by atoms with Crippen LogP contribution in [0.15, 0.2) is 43.5 Å². The summed E-state index contributed by atoms with van der Waals surface area (Å²) in [6.07, 6.45) is 3.82. The third-order valence-electron chi connectivity index (χ3n) is 3.32. The summed E-state index contributed by atoms with van der Waals surface area (Å²) in [5.74, 6) is 1.52. The van der Waals surface area contributed by atoms with E-state index in [1.807, 2.05) is 12.2 Å². The molecule has 0 saturated carbocycles. The second kappa shape index (κ2) is 8.60. The van der Waals surface area contributed by atoms with Crippen LogP contribution in [0, 0.1) is 6.92 Å². The van der Waals surface area contributed by atoms with Crippen LogP contribution in [0.25, 0.3) is 0 Å². The van der Waals surface area contributed by atoms with Gasteiger partial charge in [0.1, 0.15) is 12.4 Å². The van der Waals surface area contributed by atoms with Gasteiger partial charge in [-0.2, -0.15) is 0 Å². The van der Waals surface area contributed by atoms with Crippen molar-refractivity contribution in [3.63, 3.8) is 0 Å².